The fourth-order valence-corrected chi connectivity index (χ4v) is 6.10. The number of hydrogen-bond acceptors (Lipinski definition) is 1. The second-order valence-electron chi connectivity index (χ2n) is 14.9. The van der Waals surface area contributed by atoms with Crippen LogP contribution < -0.4 is 0 Å². The minimum atomic E-state index is 0.234. The maximum absolute atomic E-state index is 4.75. The molecule has 1 heteroatoms. The number of unbranched alkanes of at least 4 members (excludes halogenated alkanes) is 3. The molecule has 2 unspecified atom stereocenters. The van der Waals surface area contributed by atoms with Crippen LogP contribution >= 0.6 is 0 Å². The van der Waals surface area contributed by atoms with E-state index in [1.165, 1.54) is 89.4 Å². The number of rotatable bonds is 12. The molecule has 0 N–H and O–H groups in total. The Morgan fingerprint density at radius 1 is 0.758 bits per heavy atom. The summed E-state index contributed by atoms with van der Waals surface area (Å²) in [5.74, 6) is 1.29. The maximum atomic E-state index is 4.75. The van der Waals surface area contributed by atoms with Crippen LogP contribution in [0.4, 0.5) is 0 Å². The van der Waals surface area contributed by atoms with Crippen molar-refractivity contribution >= 4 is 0 Å². The van der Waals surface area contributed by atoms with Crippen LogP contribution in [-0.4, -0.2) is 18.0 Å². The lowest BCUT2D eigenvalue weighted by molar-refractivity contribution is -0.0161. The van der Waals surface area contributed by atoms with Crippen molar-refractivity contribution < 1.29 is 0 Å². The number of allylic oxidation sites excluding steroid dienone is 1. The van der Waals surface area contributed by atoms with Gasteiger partial charge in [0.15, 0.2) is 0 Å². The molecule has 1 heterocycles. The Labute approximate surface area is 210 Å². The lowest BCUT2D eigenvalue weighted by Crippen LogP contribution is -2.44. The highest BCUT2D eigenvalue weighted by molar-refractivity contribution is 5.08. The van der Waals surface area contributed by atoms with Gasteiger partial charge in [-0.3, -0.25) is 0 Å². The van der Waals surface area contributed by atoms with Gasteiger partial charge in [-0.1, -0.05) is 121 Å². The number of likely N-dealkylation sites (tertiary alicyclic amines) is 1. The Hall–Kier alpha value is -0.460. The van der Waals surface area contributed by atoms with Crippen molar-refractivity contribution in [2.45, 2.75) is 147 Å². The Kier molecular flexibility index (Phi) is 11.6. The topological polar surface area (TPSA) is 3.24 Å². The average Bonchev–Trinajstić information content (AvgIpc) is 2.95. The molecule has 196 valence electrons. The monoisotopic (exact) mass is 461 g/mol. The third-order valence-electron chi connectivity index (χ3n) is 9.20. The summed E-state index contributed by atoms with van der Waals surface area (Å²) in [4.78, 5) is 2.66. The molecule has 0 amide bonds. The SMILES string of the molecule is C=C(C(CC(C)(C)C(C)(C)C(CCCCCC)CC(C)(C)C)C(C)(C)C)N1CCCCCC1. The van der Waals surface area contributed by atoms with Gasteiger partial charge in [0.2, 0.25) is 0 Å². The molecule has 1 nitrogen and oxygen atoms in total. The summed E-state index contributed by atoms with van der Waals surface area (Å²) in [6, 6.07) is 0. The van der Waals surface area contributed by atoms with E-state index in [2.05, 4.69) is 81.1 Å². The summed E-state index contributed by atoms with van der Waals surface area (Å²) < 4.78 is 0. The van der Waals surface area contributed by atoms with E-state index in [-0.39, 0.29) is 16.2 Å². The van der Waals surface area contributed by atoms with Crippen molar-refractivity contribution in [1.29, 1.82) is 0 Å². The van der Waals surface area contributed by atoms with Gasteiger partial charge in [-0.05, 0) is 59.7 Å². The van der Waals surface area contributed by atoms with Crippen LogP contribution in [0.3, 0.4) is 0 Å². The first-order valence-corrected chi connectivity index (χ1v) is 14.5. The Balaban J connectivity index is 3.15. The summed E-state index contributed by atoms with van der Waals surface area (Å²) in [7, 11) is 0. The van der Waals surface area contributed by atoms with Crippen molar-refractivity contribution in [2.75, 3.05) is 13.1 Å². The van der Waals surface area contributed by atoms with E-state index in [0.717, 1.165) is 5.92 Å². The molecule has 0 radical (unpaired) electrons. The number of nitrogens with zero attached hydrogens (tertiary/aromatic N) is 1. The van der Waals surface area contributed by atoms with E-state index >= 15 is 0 Å². The largest absolute Gasteiger partial charge is 0.375 e. The predicted octanol–water partition coefficient (Wildman–Crippen LogP) is 10.5. The molecule has 0 aromatic carbocycles. The zero-order valence-electron chi connectivity index (χ0n) is 25.0. The first-order chi connectivity index (χ1) is 15.0. The lowest BCUT2D eigenvalue weighted by atomic mass is 9.53. The van der Waals surface area contributed by atoms with E-state index < -0.39 is 0 Å². The van der Waals surface area contributed by atoms with Gasteiger partial charge in [-0.25, -0.2) is 0 Å². The Morgan fingerprint density at radius 2 is 1.30 bits per heavy atom. The first-order valence-electron chi connectivity index (χ1n) is 14.5. The minimum Gasteiger partial charge on any atom is -0.375 e. The second kappa shape index (κ2) is 12.5. The first kappa shape index (κ1) is 30.6. The fourth-order valence-electron chi connectivity index (χ4n) is 6.10. The van der Waals surface area contributed by atoms with Gasteiger partial charge >= 0.3 is 0 Å². The molecule has 33 heavy (non-hydrogen) atoms. The summed E-state index contributed by atoms with van der Waals surface area (Å²) in [5, 5.41) is 0. The van der Waals surface area contributed by atoms with Gasteiger partial charge in [-0.2, -0.15) is 0 Å². The van der Waals surface area contributed by atoms with Crippen molar-refractivity contribution in [3.8, 4) is 0 Å². The van der Waals surface area contributed by atoms with Crippen LogP contribution in [0.2, 0.25) is 0 Å². The van der Waals surface area contributed by atoms with Gasteiger partial charge < -0.3 is 4.90 Å². The highest BCUT2D eigenvalue weighted by Gasteiger charge is 2.46. The zero-order valence-corrected chi connectivity index (χ0v) is 25.0. The van der Waals surface area contributed by atoms with Gasteiger partial charge in [0.05, 0.1) is 0 Å². The molecular weight excluding hydrogens is 398 g/mol. The van der Waals surface area contributed by atoms with E-state index in [1.807, 2.05) is 0 Å². The van der Waals surface area contributed by atoms with Gasteiger partial charge in [-0.15, -0.1) is 0 Å². The Bertz CT molecular complexity index is 560. The molecule has 1 rings (SSSR count). The smallest absolute Gasteiger partial charge is 0.0174 e. The number of hydrogen-bond donors (Lipinski definition) is 0. The van der Waals surface area contributed by atoms with Crippen molar-refractivity contribution in [3.63, 3.8) is 0 Å². The van der Waals surface area contributed by atoms with Crippen molar-refractivity contribution in [2.24, 2.45) is 33.5 Å². The summed E-state index contributed by atoms with van der Waals surface area (Å²) in [6.07, 6.45) is 14.8. The lowest BCUT2D eigenvalue weighted by Gasteiger charge is -2.52. The molecular formula is C32H63N. The van der Waals surface area contributed by atoms with Crippen LogP contribution in [0.25, 0.3) is 0 Å². The van der Waals surface area contributed by atoms with Crippen LogP contribution in [0.5, 0.6) is 0 Å². The molecule has 1 aliphatic rings. The van der Waals surface area contributed by atoms with Crippen LogP contribution in [0.15, 0.2) is 12.3 Å². The molecule has 1 aliphatic heterocycles. The van der Waals surface area contributed by atoms with E-state index in [4.69, 9.17) is 6.58 Å². The second-order valence-corrected chi connectivity index (χ2v) is 14.9. The normalized spacial score (nSPS) is 18.7. The molecule has 1 saturated heterocycles. The highest BCUT2D eigenvalue weighted by Crippen LogP contribution is 2.55. The quantitative estimate of drug-likeness (QED) is 0.261. The van der Waals surface area contributed by atoms with E-state index in [9.17, 15) is 0 Å². The third kappa shape index (κ3) is 9.60. The average molecular weight is 462 g/mol. The molecule has 0 aliphatic carbocycles. The molecule has 0 saturated carbocycles. The Morgan fingerprint density at radius 3 is 1.76 bits per heavy atom. The minimum absolute atomic E-state index is 0.234. The summed E-state index contributed by atoms with van der Waals surface area (Å²) in [6.45, 7) is 34.5. The van der Waals surface area contributed by atoms with Crippen LogP contribution in [0.1, 0.15) is 147 Å². The maximum Gasteiger partial charge on any atom is 0.0174 e. The summed E-state index contributed by atoms with van der Waals surface area (Å²) in [5.41, 5.74) is 2.57. The van der Waals surface area contributed by atoms with Gasteiger partial charge in [0.1, 0.15) is 0 Å². The van der Waals surface area contributed by atoms with E-state index in [0.29, 0.717) is 11.3 Å². The highest BCUT2D eigenvalue weighted by atomic mass is 15.1. The molecule has 0 bridgehead atoms. The summed E-state index contributed by atoms with van der Waals surface area (Å²) >= 11 is 0. The third-order valence-corrected chi connectivity index (χ3v) is 9.20. The molecule has 0 spiro atoms. The molecule has 1 fully saturated rings. The van der Waals surface area contributed by atoms with Crippen molar-refractivity contribution in [1.82, 2.24) is 4.90 Å². The fraction of sp³-hybridized carbons (Fsp3) is 0.938. The zero-order chi connectivity index (χ0) is 25.5. The van der Waals surface area contributed by atoms with Gasteiger partial charge in [0.25, 0.3) is 0 Å². The van der Waals surface area contributed by atoms with Crippen LogP contribution in [0, 0.1) is 33.5 Å². The predicted molar refractivity (Wildman–Crippen MR) is 151 cm³/mol. The van der Waals surface area contributed by atoms with E-state index in [1.54, 1.807) is 0 Å². The molecule has 0 aromatic rings. The van der Waals surface area contributed by atoms with Crippen molar-refractivity contribution in [3.05, 3.63) is 12.3 Å². The van der Waals surface area contributed by atoms with Crippen LogP contribution in [-0.2, 0) is 0 Å². The molecule has 2 atom stereocenters. The standard InChI is InChI=1S/C32H63N/c1-13-14-15-18-21-27(24-29(3,4)5)32(11,12)31(9,10)25-28(30(6,7)8)26(2)33-22-19-16-17-20-23-33/h27-28H,2,13-25H2,1,3-12H3. The van der Waals surface area contributed by atoms with Gasteiger partial charge in [0, 0.05) is 24.7 Å². The molecule has 0 aromatic heterocycles.